The van der Waals surface area contributed by atoms with Crippen molar-refractivity contribution in [1.29, 1.82) is 0 Å². The van der Waals surface area contributed by atoms with Gasteiger partial charge in [-0.25, -0.2) is 0 Å². The number of hydrogen-bond donors (Lipinski definition) is 1. The first-order valence-electron chi connectivity index (χ1n) is 5.67. The Kier molecular flexibility index (Phi) is 2.52. The number of fused-ring (bicyclic) bond motifs is 1. The quantitative estimate of drug-likeness (QED) is 0.718. The van der Waals surface area contributed by atoms with Crippen LogP contribution in [-0.2, 0) is 13.6 Å². The molecule has 0 aliphatic rings. The highest BCUT2D eigenvalue weighted by Crippen LogP contribution is 2.16. The van der Waals surface area contributed by atoms with Crippen molar-refractivity contribution in [3.05, 3.63) is 40.7 Å². The van der Waals surface area contributed by atoms with Crippen molar-refractivity contribution >= 4 is 23.3 Å². The molecule has 3 rings (SSSR count). The molecule has 2 heterocycles. The average Bonchev–Trinajstić information content (AvgIpc) is 2.85. The Labute approximate surface area is 109 Å². The molecule has 5 nitrogen and oxygen atoms in total. The molecule has 0 aliphatic heterocycles. The summed E-state index contributed by atoms with van der Waals surface area (Å²) < 4.78 is 4.64. The summed E-state index contributed by atoms with van der Waals surface area (Å²) in [5.74, 6) is 0.882. The minimum Gasteiger partial charge on any atom is -0.331 e. The molecule has 1 N–H and O–H groups in total. The van der Waals surface area contributed by atoms with Gasteiger partial charge in [-0.3, -0.25) is 0 Å². The molecule has 0 saturated heterocycles. The monoisotopic (exact) mass is 259 g/mol. The second-order valence-corrected chi connectivity index (χ2v) is 4.78. The van der Waals surface area contributed by atoms with Gasteiger partial charge in [-0.15, -0.1) is 10.2 Å². The Morgan fingerprint density at radius 3 is 2.94 bits per heavy atom. The summed E-state index contributed by atoms with van der Waals surface area (Å²) in [6.07, 6.45) is 1.69. The average molecular weight is 259 g/mol. The standard InChI is InChI=1S/C12H13N5S/c1-8-3-4-10-9(5-8)14-12(18)17(10)6-11-15-13-7-16(11)2/h3-5,7H,6H2,1-2H3,(H,14,18). The van der Waals surface area contributed by atoms with E-state index in [9.17, 15) is 0 Å². The Morgan fingerprint density at radius 2 is 2.22 bits per heavy atom. The third-order valence-electron chi connectivity index (χ3n) is 3.03. The van der Waals surface area contributed by atoms with E-state index < -0.39 is 0 Å². The lowest BCUT2D eigenvalue weighted by Crippen LogP contribution is -2.05. The Hall–Kier alpha value is -1.95. The predicted molar refractivity (Wildman–Crippen MR) is 72.0 cm³/mol. The van der Waals surface area contributed by atoms with Crippen LogP contribution in [0.15, 0.2) is 24.5 Å². The fourth-order valence-corrected chi connectivity index (χ4v) is 2.30. The minimum absolute atomic E-state index is 0.623. The molecule has 0 unspecified atom stereocenters. The van der Waals surface area contributed by atoms with E-state index in [1.54, 1.807) is 6.33 Å². The van der Waals surface area contributed by atoms with Gasteiger partial charge in [-0.1, -0.05) is 6.07 Å². The number of H-pyrrole nitrogens is 1. The van der Waals surface area contributed by atoms with Crippen molar-refractivity contribution in [3.63, 3.8) is 0 Å². The van der Waals surface area contributed by atoms with Gasteiger partial charge >= 0.3 is 0 Å². The van der Waals surface area contributed by atoms with Gasteiger partial charge in [-0.2, -0.15) is 0 Å². The summed E-state index contributed by atoms with van der Waals surface area (Å²) >= 11 is 5.36. The largest absolute Gasteiger partial charge is 0.331 e. The number of aromatic nitrogens is 5. The molecular weight excluding hydrogens is 246 g/mol. The van der Waals surface area contributed by atoms with Crippen LogP contribution in [0, 0.1) is 11.7 Å². The topological polar surface area (TPSA) is 51.4 Å². The zero-order valence-electron chi connectivity index (χ0n) is 10.2. The van der Waals surface area contributed by atoms with Gasteiger partial charge in [0.2, 0.25) is 0 Å². The van der Waals surface area contributed by atoms with Gasteiger partial charge in [0.1, 0.15) is 6.33 Å². The van der Waals surface area contributed by atoms with Gasteiger partial charge < -0.3 is 14.1 Å². The first kappa shape index (κ1) is 11.2. The highest BCUT2D eigenvalue weighted by molar-refractivity contribution is 7.71. The van der Waals surface area contributed by atoms with Crippen LogP contribution in [0.3, 0.4) is 0 Å². The molecule has 1 aromatic carbocycles. The molecule has 0 fully saturated rings. The van der Waals surface area contributed by atoms with Crippen molar-refractivity contribution in [1.82, 2.24) is 24.3 Å². The van der Waals surface area contributed by atoms with E-state index in [1.807, 2.05) is 16.2 Å². The summed E-state index contributed by atoms with van der Waals surface area (Å²) in [6, 6.07) is 6.25. The second kappa shape index (κ2) is 4.06. The minimum atomic E-state index is 0.623. The Balaban J connectivity index is 2.15. The normalized spacial score (nSPS) is 11.2. The van der Waals surface area contributed by atoms with E-state index in [0.29, 0.717) is 11.3 Å². The molecule has 3 aromatic rings. The van der Waals surface area contributed by atoms with E-state index in [0.717, 1.165) is 16.9 Å². The van der Waals surface area contributed by atoms with Gasteiger partial charge in [0.25, 0.3) is 0 Å². The molecule has 18 heavy (non-hydrogen) atoms. The number of hydrogen-bond acceptors (Lipinski definition) is 3. The van der Waals surface area contributed by atoms with Crippen molar-refractivity contribution in [2.45, 2.75) is 13.5 Å². The van der Waals surface area contributed by atoms with Gasteiger partial charge in [0, 0.05) is 7.05 Å². The molecule has 0 amide bonds. The fourth-order valence-electron chi connectivity index (χ4n) is 2.03. The van der Waals surface area contributed by atoms with E-state index in [-0.39, 0.29) is 0 Å². The van der Waals surface area contributed by atoms with Gasteiger partial charge in [-0.05, 0) is 36.8 Å². The third-order valence-corrected chi connectivity index (χ3v) is 3.36. The predicted octanol–water partition coefficient (Wildman–Crippen LogP) is 2.18. The van der Waals surface area contributed by atoms with Gasteiger partial charge in [0.05, 0.1) is 17.6 Å². The van der Waals surface area contributed by atoms with Crippen molar-refractivity contribution in [2.24, 2.45) is 7.05 Å². The number of nitrogens with zero attached hydrogens (tertiary/aromatic N) is 4. The summed E-state index contributed by atoms with van der Waals surface area (Å²) in [4.78, 5) is 3.22. The maximum absolute atomic E-state index is 5.36. The molecule has 0 bridgehead atoms. The number of imidazole rings is 1. The summed E-state index contributed by atoms with van der Waals surface area (Å²) in [5.41, 5.74) is 3.36. The van der Waals surface area contributed by atoms with Crippen LogP contribution in [0.4, 0.5) is 0 Å². The number of aryl methyl sites for hydroxylation is 2. The molecule has 0 radical (unpaired) electrons. The summed E-state index contributed by atoms with van der Waals surface area (Å²) in [5, 5.41) is 7.97. The number of benzene rings is 1. The molecule has 6 heteroatoms. The Morgan fingerprint density at radius 1 is 1.39 bits per heavy atom. The molecule has 0 saturated carbocycles. The molecular formula is C12H13N5S. The smallest absolute Gasteiger partial charge is 0.178 e. The third kappa shape index (κ3) is 1.74. The number of aromatic amines is 1. The maximum Gasteiger partial charge on any atom is 0.178 e. The van der Waals surface area contributed by atoms with Crippen LogP contribution in [0.1, 0.15) is 11.4 Å². The highest BCUT2D eigenvalue weighted by atomic mass is 32.1. The molecule has 0 aliphatic carbocycles. The fraction of sp³-hybridized carbons (Fsp3) is 0.250. The summed E-state index contributed by atoms with van der Waals surface area (Å²) in [6.45, 7) is 2.69. The van der Waals surface area contributed by atoms with Crippen LogP contribution < -0.4 is 0 Å². The van der Waals surface area contributed by atoms with E-state index in [1.165, 1.54) is 5.56 Å². The molecule has 2 aromatic heterocycles. The number of nitrogens with one attached hydrogen (secondary N) is 1. The van der Waals surface area contributed by atoms with Crippen LogP contribution in [-0.4, -0.2) is 24.3 Å². The first-order valence-corrected chi connectivity index (χ1v) is 6.08. The number of rotatable bonds is 2. The van der Waals surface area contributed by atoms with Crippen molar-refractivity contribution in [2.75, 3.05) is 0 Å². The molecule has 0 spiro atoms. The van der Waals surface area contributed by atoms with Crippen molar-refractivity contribution in [3.8, 4) is 0 Å². The van der Waals surface area contributed by atoms with Crippen LogP contribution in [0.2, 0.25) is 0 Å². The highest BCUT2D eigenvalue weighted by Gasteiger charge is 2.08. The zero-order valence-corrected chi connectivity index (χ0v) is 11.0. The van der Waals surface area contributed by atoms with E-state index >= 15 is 0 Å². The molecule has 0 atom stereocenters. The SMILES string of the molecule is Cc1ccc2c(c1)[nH]c(=S)n2Cc1nncn1C. The molecule has 92 valence electrons. The first-order chi connectivity index (χ1) is 8.65. The van der Waals surface area contributed by atoms with Crippen LogP contribution in [0.25, 0.3) is 11.0 Å². The van der Waals surface area contributed by atoms with Crippen LogP contribution in [0.5, 0.6) is 0 Å². The lowest BCUT2D eigenvalue weighted by atomic mass is 10.2. The summed E-state index contributed by atoms with van der Waals surface area (Å²) in [7, 11) is 1.93. The van der Waals surface area contributed by atoms with Crippen LogP contribution >= 0.6 is 12.2 Å². The second-order valence-electron chi connectivity index (χ2n) is 4.39. The lowest BCUT2D eigenvalue weighted by Gasteiger charge is -2.03. The van der Waals surface area contributed by atoms with E-state index in [4.69, 9.17) is 12.2 Å². The lowest BCUT2D eigenvalue weighted by molar-refractivity contribution is 0.705. The maximum atomic E-state index is 5.36. The van der Waals surface area contributed by atoms with Crippen molar-refractivity contribution < 1.29 is 0 Å². The van der Waals surface area contributed by atoms with Gasteiger partial charge in [0.15, 0.2) is 10.6 Å². The van der Waals surface area contributed by atoms with E-state index in [2.05, 4.69) is 40.3 Å². The zero-order chi connectivity index (χ0) is 12.7. The Bertz CT molecular complexity index is 764.